The van der Waals surface area contributed by atoms with Crippen molar-refractivity contribution in [1.29, 1.82) is 0 Å². The Bertz CT molecular complexity index is 283. The van der Waals surface area contributed by atoms with Crippen molar-refractivity contribution in [3.05, 3.63) is 35.9 Å². The van der Waals surface area contributed by atoms with Crippen LogP contribution < -0.4 is 0 Å². The van der Waals surface area contributed by atoms with E-state index in [0.29, 0.717) is 0 Å². The van der Waals surface area contributed by atoms with E-state index in [1.54, 1.807) is 0 Å². The fourth-order valence-electron chi connectivity index (χ4n) is 0.769. The first-order valence-electron chi connectivity index (χ1n) is 3.57. The minimum Gasteiger partial charge on any atom is -0.324 e. The Balaban J connectivity index is 0.00000144. The van der Waals surface area contributed by atoms with Crippen LogP contribution >= 0.6 is 7.60 Å². The van der Waals surface area contributed by atoms with E-state index in [0.717, 1.165) is 5.56 Å². The van der Waals surface area contributed by atoms with Crippen LogP contribution in [0.25, 0.3) is 0 Å². The summed E-state index contributed by atoms with van der Waals surface area (Å²) in [6.45, 7) is 1.36. The van der Waals surface area contributed by atoms with Gasteiger partial charge in [-0.1, -0.05) is 30.3 Å². The minimum atomic E-state index is -3.33. The molecule has 0 saturated heterocycles. The van der Waals surface area contributed by atoms with E-state index in [4.69, 9.17) is 9.42 Å². The van der Waals surface area contributed by atoms with Gasteiger partial charge in [0, 0.05) is 39.4 Å². The maximum absolute atomic E-state index is 10.7. The molecule has 1 N–H and O–H groups in total. The molecular weight excluding hydrogens is 264 g/mol. The van der Waals surface area contributed by atoms with Crippen LogP contribution in [-0.2, 0) is 48.4 Å². The molecular formula is C8H11O3PY. The molecule has 0 saturated carbocycles. The van der Waals surface area contributed by atoms with Crippen molar-refractivity contribution in [2.45, 2.75) is 6.61 Å². The Hall–Kier alpha value is 0.474. The molecule has 1 aromatic carbocycles. The molecule has 0 spiro atoms. The second kappa shape index (κ2) is 6.05. The molecule has 13 heavy (non-hydrogen) atoms. The second-order valence-corrected chi connectivity index (χ2v) is 4.43. The molecule has 0 amide bonds. The molecule has 0 aliphatic rings. The summed E-state index contributed by atoms with van der Waals surface area (Å²) < 4.78 is 15.4. The Morgan fingerprint density at radius 2 is 1.92 bits per heavy atom. The quantitative estimate of drug-likeness (QED) is 0.858. The summed E-state index contributed by atoms with van der Waals surface area (Å²) >= 11 is 0. The summed E-state index contributed by atoms with van der Waals surface area (Å²) in [5.74, 6) is 0. The van der Waals surface area contributed by atoms with Crippen molar-refractivity contribution in [2.24, 2.45) is 0 Å². The van der Waals surface area contributed by atoms with Gasteiger partial charge in [-0.2, -0.15) is 0 Å². The molecule has 0 heterocycles. The molecule has 69 valence electrons. The fourth-order valence-corrected chi connectivity index (χ4v) is 1.16. The molecule has 0 aliphatic carbocycles. The average molecular weight is 275 g/mol. The molecule has 0 aromatic heterocycles. The summed E-state index contributed by atoms with van der Waals surface area (Å²) in [5.41, 5.74) is 0.897. The van der Waals surface area contributed by atoms with E-state index >= 15 is 0 Å². The van der Waals surface area contributed by atoms with Crippen LogP contribution in [0.15, 0.2) is 30.3 Å². The molecule has 0 aliphatic heterocycles. The minimum absolute atomic E-state index is 0. The SMILES string of the molecule is CP(=O)(O)OCc1ccccc1.[Y]. The van der Waals surface area contributed by atoms with Gasteiger partial charge in [0.1, 0.15) is 0 Å². The van der Waals surface area contributed by atoms with Gasteiger partial charge in [-0.15, -0.1) is 0 Å². The van der Waals surface area contributed by atoms with Crippen LogP contribution in [0.2, 0.25) is 0 Å². The van der Waals surface area contributed by atoms with Crippen molar-refractivity contribution in [3.8, 4) is 0 Å². The van der Waals surface area contributed by atoms with Gasteiger partial charge < -0.3 is 9.42 Å². The van der Waals surface area contributed by atoms with E-state index in [2.05, 4.69) is 0 Å². The second-order valence-electron chi connectivity index (χ2n) is 2.56. The maximum atomic E-state index is 10.7. The van der Waals surface area contributed by atoms with Crippen LogP contribution in [0.4, 0.5) is 0 Å². The van der Waals surface area contributed by atoms with Crippen LogP contribution in [-0.4, -0.2) is 11.6 Å². The summed E-state index contributed by atoms with van der Waals surface area (Å²) in [6, 6.07) is 9.28. The van der Waals surface area contributed by atoms with Gasteiger partial charge in [0.15, 0.2) is 0 Å². The van der Waals surface area contributed by atoms with E-state index in [1.807, 2.05) is 30.3 Å². The fraction of sp³-hybridized carbons (Fsp3) is 0.250. The normalized spacial score (nSPS) is 14.3. The van der Waals surface area contributed by atoms with Crippen molar-refractivity contribution in [1.82, 2.24) is 0 Å². The third-order valence-electron chi connectivity index (χ3n) is 1.31. The van der Waals surface area contributed by atoms with Gasteiger partial charge in [-0.25, -0.2) is 0 Å². The first kappa shape index (κ1) is 13.5. The number of benzene rings is 1. The zero-order valence-electron chi connectivity index (χ0n) is 7.38. The summed E-state index contributed by atoms with van der Waals surface area (Å²) in [6.07, 6.45) is 0. The Kier molecular flexibility index (Phi) is 6.27. The summed E-state index contributed by atoms with van der Waals surface area (Å²) in [4.78, 5) is 8.81. The maximum Gasteiger partial charge on any atom is 0.325 e. The van der Waals surface area contributed by atoms with Crippen LogP contribution in [0.5, 0.6) is 0 Å². The largest absolute Gasteiger partial charge is 0.325 e. The predicted octanol–water partition coefficient (Wildman–Crippen LogP) is 2.02. The third-order valence-corrected chi connectivity index (χ3v) is 1.92. The van der Waals surface area contributed by atoms with Gasteiger partial charge in [0.05, 0.1) is 6.61 Å². The van der Waals surface area contributed by atoms with Gasteiger partial charge in [-0.3, -0.25) is 4.57 Å². The van der Waals surface area contributed by atoms with Crippen LogP contribution in [0.3, 0.4) is 0 Å². The smallest absolute Gasteiger partial charge is 0.324 e. The third kappa shape index (κ3) is 6.53. The van der Waals surface area contributed by atoms with Gasteiger partial charge >= 0.3 is 7.60 Å². The van der Waals surface area contributed by atoms with Crippen molar-refractivity contribution in [3.63, 3.8) is 0 Å². The van der Waals surface area contributed by atoms with E-state index in [9.17, 15) is 4.57 Å². The molecule has 1 unspecified atom stereocenters. The van der Waals surface area contributed by atoms with Crippen LogP contribution in [0, 0.1) is 0 Å². The number of hydrogen-bond donors (Lipinski definition) is 1. The van der Waals surface area contributed by atoms with E-state index in [1.165, 1.54) is 6.66 Å². The number of rotatable bonds is 3. The molecule has 1 radical (unpaired) electrons. The molecule has 0 bridgehead atoms. The van der Waals surface area contributed by atoms with Gasteiger partial charge in [0.2, 0.25) is 0 Å². The standard InChI is InChI=1S/C8H11O3P.Y/c1-12(9,10)11-7-8-5-3-2-4-6-8;/h2-6H,7H2,1H3,(H,9,10);. The first-order valence-corrected chi connectivity index (χ1v) is 5.59. The number of hydrogen-bond acceptors (Lipinski definition) is 2. The predicted molar refractivity (Wildman–Crippen MR) is 47.0 cm³/mol. The summed E-state index contributed by atoms with van der Waals surface area (Å²) in [7, 11) is -3.33. The van der Waals surface area contributed by atoms with Gasteiger partial charge in [0.25, 0.3) is 0 Å². The van der Waals surface area contributed by atoms with Crippen molar-refractivity contribution >= 4 is 7.60 Å². The first-order chi connectivity index (χ1) is 5.58. The molecule has 1 atom stereocenters. The summed E-state index contributed by atoms with van der Waals surface area (Å²) in [5, 5.41) is 0. The van der Waals surface area contributed by atoms with E-state index < -0.39 is 7.60 Å². The Labute approximate surface area is 103 Å². The zero-order valence-corrected chi connectivity index (χ0v) is 11.1. The molecule has 0 fully saturated rings. The Morgan fingerprint density at radius 1 is 1.38 bits per heavy atom. The molecule has 5 heteroatoms. The zero-order chi connectivity index (χ0) is 9.03. The van der Waals surface area contributed by atoms with Crippen molar-refractivity contribution in [2.75, 3.05) is 6.66 Å². The topological polar surface area (TPSA) is 46.5 Å². The molecule has 3 nitrogen and oxygen atoms in total. The van der Waals surface area contributed by atoms with E-state index in [-0.39, 0.29) is 39.3 Å². The van der Waals surface area contributed by atoms with Gasteiger partial charge in [-0.05, 0) is 5.56 Å². The Morgan fingerprint density at radius 3 is 2.38 bits per heavy atom. The average Bonchev–Trinajstić information content (AvgIpc) is 2.02. The molecule has 1 aromatic rings. The van der Waals surface area contributed by atoms with Crippen molar-refractivity contribution < 1.29 is 46.7 Å². The molecule has 1 rings (SSSR count). The van der Waals surface area contributed by atoms with Crippen LogP contribution in [0.1, 0.15) is 5.56 Å². The monoisotopic (exact) mass is 275 g/mol.